The molecule has 1 rings (SSSR count). The summed E-state index contributed by atoms with van der Waals surface area (Å²) in [5, 5.41) is 0. The zero-order chi connectivity index (χ0) is 25.9. The Morgan fingerprint density at radius 2 is 1.30 bits per heavy atom. The van der Waals surface area contributed by atoms with Gasteiger partial charge in [-0.05, 0) is 69.2 Å². The molecule has 9 heteroatoms. The first kappa shape index (κ1) is 31.1. The Bertz CT molecular complexity index is 677. The highest BCUT2D eigenvalue weighted by molar-refractivity contribution is 6.51. The van der Waals surface area contributed by atoms with Crippen LogP contribution in [-0.4, -0.2) is 67.9 Å². The predicted molar refractivity (Wildman–Crippen MR) is 127 cm³/mol. The Morgan fingerprint density at radius 1 is 0.879 bits per heavy atom. The third kappa shape index (κ3) is 14.8. The van der Waals surface area contributed by atoms with Gasteiger partial charge in [0.25, 0.3) is 0 Å². The number of hydrogen-bond donors (Lipinski definition) is 0. The number of hydrogen-bond acceptors (Lipinski definition) is 8. The normalized spacial score (nSPS) is 17.2. The van der Waals surface area contributed by atoms with Crippen molar-refractivity contribution in [3.63, 3.8) is 0 Å². The molecule has 0 unspecified atom stereocenters. The molecule has 188 valence electrons. The van der Waals surface area contributed by atoms with Gasteiger partial charge in [0.05, 0.1) is 17.8 Å². The van der Waals surface area contributed by atoms with Crippen LogP contribution in [0.4, 0.5) is 0 Å². The standard InChI is InChI=1S/C15H27BO5.C9H14O3/c1-13(2,3)19-12(17)11-18-10-8-9-16-20-14(4,5)15(6,7)21-16;1-5-6-11-7-8(10)12-9(2,3)4/h8-9H,10-11H2,1-7H3;1H,6-7H2,2-4H3/b9-8+;. The maximum absolute atomic E-state index is 11.4. The summed E-state index contributed by atoms with van der Waals surface area (Å²) < 4.78 is 31.7. The second-order valence-electron chi connectivity index (χ2n) is 10.4. The van der Waals surface area contributed by atoms with E-state index in [4.69, 9.17) is 34.7 Å². The van der Waals surface area contributed by atoms with Crippen molar-refractivity contribution in [2.75, 3.05) is 26.4 Å². The van der Waals surface area contributed by atoms with E-state index in [0.717, 1.165) is 0 Å². The molecule has 0 aromatic rings. The maximum atomic E-state index is 11.4. The Hall–Kier alpha value is -1.86. The highest BCUT2D eigenvalue weighted by Crippen LogP contribution is 2.36. The zero-order valence-electron chi connectivity index (χ0n) is 21.9. The summed E-state index contributed by atoms with van der Waals surface area (Å²) in [5.41, 5.74) is -1.64. The molecule has 0 aromatic carbocycles. The molecular weight excluding hydrogens is 427 g/mol. The highest BCUT2D eigenvalue weighted by Gasteiger charge is 2.49. The number of terminal acetylenes is 1. The molecule has 0 spiro atoms. The van der Waals surface area contributed by atoms with Gasteiger partial charge in [0.15, 0.2) is 0 Å². The zero-order valence-corrected chi connectivity index (χ0v) is 21.9. The van der Waals surface area contributed by atoms with Crippen molar-refractivity contribution >= 4 is 19.1 Å². The third-order valence-corrected chi connectivity index (χ3v) is 4.24. The summed E-state index contributed by atoms with van der Waals surface area (Å²) >= 11 is 0. The van der Waals surface area contributed by atoms with Gasteiger partial charge in [0.2, 0.25) is 0 Å². The van der Waals surface area contributed by atoms with Crippen molar-refractivity contribution in [1.82, 2.24) is 0 Å². The lowest BCUT2D eigenvalue weighted by Crippen LogP contribution is -2.41. The minimum absolute atomic E-state index is 0.0645. The van der Waals surface area contributed by atoms with E-state index >= 15 is 0 Å². The first-order valence-electron chi connectivity index (χ1n) is 10.9. The Labute approximate surface area is 199 Å². The van der Waals surface area contributed by atoms with Crippen molar-refractivity contribution < 1.29 is 37.8 Å². The van der Waals surface area contributed by atoms with Crippen LogP contribution in [-0.2, 0) is 37.8 Å². The second kappa shape index (κ2) is 13.1. The lowest BCUT2D eigenvalue weighted by atomic mass is 9.90. The first-order chi connectivity index (χ1) is 14.9. The second-order valence-corrected chi connectivity index (χ2v) is 10.4. The van der Waals surface area contributed by atoms with Crippen molar-refractivity contribution in [2.24, 2.45) is 0 Å². The van der Waals surface area contributed by atoms with Crippen molar-refractivity contribution in [3.05, 3.63) is 12.1 Å². The molecule has 1 heterocycles. The molecule has 1 aliphatic heterocycles. The lowest BCUT2D eigenvalue weighted by Gasteiger charge is -2.32. The fourth-order valence-corrected chi connectivity index (χ4v) is 2.28. The number of ether oxygens (including phenoxy) is 4. The van der Waals surface area contributed by atoms with Crippen LogP contribution in [0.2, 0.25) is 0 Å². The molecule has 33 heavy (non-hydrogen) atoms. The quantitative estimate of drug-likeness (QED) is 0.231. The molecule has 0 saturated carbocycles. The lowest BCUT2D eigenvalue weighted by molar-refractivity contribution is -0.160. The van der Waals surface area contributed by atoms with Crippen molar-refractivity contribution in [1.29, 1.82) is 0 Å². The number of carbonyl (C=O) groups is 2. The SMILES string of the molecule is C#CCOCC(=O)OC(C)(C)C.CC(C)(C)OC(=O)COC/C=C/B1OC(C)(C)C(C)(C)O1. The molecule has 0 atom stereocenters. The van der Waals surface area contributed by atoms with Gasteiger partial charge in [0, 0.05) is 0 Å². The number of carbonyl (C=O) groups excluding carboxylic acids is 2. The van der Waals surface area contributed by atoms with Gasteiger partial charge >= 0.3 is 19.1 Å². The fraction of sp³-hybridized carbons (Fsp3) is 0.750. The molecular formula is C24H41BO8. The van der Waals surface area contributed by atoms with Gasteiger partial charge in [-0.2, -0.15) is 0 Å². The van der Waals surface area contributed by atoms with E-state index in [0.29, 0.717) is 6.61 Å². The highest BCUT2D eigenvalue weighted by atomic mass is 16.7. The van der Waals surface area contributed by atoms with E-state index in [1.54, 1.807) is 32.8 Å². The van der Waals surface area contributed by atoms with Gasteiger partial charge in [-0.25, -0.2) is 9.59 Å². The van der Waals surface area contributed by atoms with Crippen LogP contribution in [0.15, 0.2) is 12.1 Å². The van der Waals surface area contributed by atoms with Gasteiger partial charge in [-0.15, -0.1) is 6.42 Å². The van der Waals surface area contributed by atoms with Crippen molar-refractivity contribution in [3.8, 4) is 12.3 Å². The van der Waals surface area contributed by atoms with Gasteiger partial charge in [-0.3, -0.25) is 0 Å². The van der Waals surface area contributed by atoms with Crippen LogP contribution in [0, 0.1) is 12.3 Å². The van der Waals surface area contributed by atoms with Crippen LogP contribution in [0.3, 0.4) is 0 Å². The van der Waals surface area contributed by atoms with Crippen LogP contribution in [0.25, 0.3) is 0 Å². The molecule has 8 nitrogen and oxygen atoms in total. The summed E-state index contributed by atoms with van der Waals surface area (Å²) in [6.07, 6.45) is 6.70. The third-order valence-electron chi connectivity index (χ3n) is 4.24. The number of rotatable bonds is 8. The Balaban J connectivity index is 0.000000728. The predicted octanol–water partition coefficient (Wildman–Crippen LogP) is 3.51. The van der Waals surface area contributed by atoms with Crippen LogP contribution < -0.4 is 0 Å². The van der Waals surface area contributed by atoms with Crippen LogP contribution >= 0.6 is 0 Å². The summed E-state index contributed by atoms with van der Waals surface area (Å²) in [4.78, 5) is 22.3. The maximum Gasteiger partial charge on any atom is 0.486 e. The molecule has 0 aliphatic carbocycles. The summed E-state index contributed by atoms with van der Waals surface area (Å²) in [7, 11) is -0.389. The molecule has 0 N–H and O–H groups in total. The molecule has 1 fully saturated rings. The Kier molecular flexibility index (Phi) is 12.4. The average molecular weight is 468 g/mol. The van der Waals surface area contributed by atoms with E-state index in [-0.39, 0.29) is 44.1 Å². The topological polar surface area (TPSA) is 89.5 Å². The van der Waals surface area contributed by atoms with E-state index in [1.807, 2.05) is 48.5 Å². The van der Waals surface area contributed by atoms with E-state index < -0.39 is 17.2 Å². The smallest absolute Gasteiger partial charge is 0.458 e. The fourth-order valence-electron chi connectivity index (χ4n) is 2.28. The van der Waals surface area contributed by atoms with Crippen molar-refractivity contribution in [2.45, 2.75) is 91.6 Å². The number of esters is 2. The molecule has 0 amide bonds. The molecule has 0 bridgehead atoms. The average Bonchev–Trinajstić information content (AvgIpc) is 2.79. The van der Waals surface area contributed by atoms with Crippen LogP contribution in [0.1, 0.15) is 69.2 Å². The molecule has 1 aliphatic rings. The van der Waals surface area contributed by atoms with E-state index in [2.05, 4.69) is 5.92 Å². The molecule has 0 radical (unpaired) electrons. The summed E-state index contributed by atoms with van der Waals surface area (Å²) in [5.74, 6) is 3.29. The van der Waals surface area contributed by atoms with E-state index in [9.17, 15) is 9.59 Å². The minimum Gasteiger partial charge on any atom is -0.458 e. The first-order valence-corrected chi connectivity index (χ1v) is 10.9. The van der Waals surface area contributed by atoms with Gasteiger partial charge in [-0.1, -0.05) is 18.0 Å². The minimum atomic E-state index is -0.487. The summed E-state index contributed by atoms with van der Waals surface area (Å²) in [6.45, 7) is 19.2. The van der Waals surface area contributed by atoms with E-state index in [1.165, 1.54) is 0 Å². The van der Waals surface area contributed by atoms with Gasteiger partial charge < -0.3 is 28.3 Å². The largest absolute Gasteiger partial charge is 0.486 e. The molecule has 1 saturated heterocycles. The Morgan fingerprint density at radius 3 is 1.70 bits per heavy atom. The van der Waals surface area contributed by atoms with Crippen LogP contribution in [0.5, 0.6) is 0 Å². The molecule has 0 aromatic heterocycles. The summed E-state index contributed by atoms with van der Waals surface area (Å²) in [6, 6.07) is 0. The van der Waals surface area contributed by atoms with Gasteiger partial charge in [0.1, 0.15) is 31.0 Å². The monoisotopic (exact) mass is 468 g/mol.